The molecule has 0 atom stereocenters. The number of anilines is 5. The minimum Gasteiger partial charge on any atom is -0.494 e. The highest BCUT2D eigenvalue weighted by Crippen LogP contribution is 2.41. The van der Waals surface area contributed by atoms with E-state index >= 15 is 0 Å². The van der Waals surface area contributed by atoms with Gasteiger partial charge < -0.3 is 29.7 Å². The lowest BCUT2D eigenvalue weighted by molar-refractivity contribution is -0.384. The van der Waals surface area contributed by atoms with E-state index in [1.807, 2.05) is 12.1 Å². The van der Waals surface area contributed by atoms with E-state index in [4.69, 9.17) is 16.3 Å². The largest absolute Gasteiger partial charge is 0.494 e. The Labute approximate surface area is 244 Å². The molecular weight excluding hydrogens is 565 g/mol. The zero-order valence-electron chi connectivity index (χ0n) is 23.5. The summed E-state index contributed by atoms with van der Waals surface area (Å²) in [6.45, 7) is 7.18. The summed E-state index contributed by atoms with van der Waals surface area (Å²) in [5.41, 5.74) is 1.50. The normalized spacial score (nSPS) is 16.5. The highest BCUT2D eigenvalue weighted by atomic mass is 35.5. The van der Waals surface area contributed by atoms with Gasteiger partial charge >= 0.3 is 0 Å². The Hall–Kier alpha value is -3.40. The third-order valence-electron chi connectivity index (χ3n) is 7.68. The molecule has 0 unspecified atom stereocenters. The molecule has 0 spiro atoms. The Morgan fingerprint density at radius 3 is 2.44 bits per heavy atom. The fourth-order valence-electron chi connectivity index (χ4n) is 5.61. The minimum absolute atomic E-state index is 0.0178. The van der Waals surface area contributed by atoms with Crippen molar-refractivity contribution in [3.8, 4) is 5.75 Å². The van der Waals surface area contributed by atoms with E-state index in [9.17, 15) is 14.7 Å². The third kappa shape index (κ3) is 6.58. The van der Waals surface area contributed by atoms with E-state index in [2.05, 4.69) is 30.4 Å². The van der Waals surface area contributed by atoms with E-state index in [0.717, 1.165) is 39.0 Å². The molecule has 0 amide bonds. The second kappa shape index (κ2) is 12.2. The number of hydrogen-bond acceptors (Lipinski definition) is 10. The molecular formula is C28H35ClN7O4P. The molecule has 2 fully saturated rings. The molecule has 1 aromatic heterocycles. The van der Waals surface area contributed by atoms with Gasteiger partial charge in [-0.3, -0.25) is 10.1 Å². The van der Waals surface area contributed by atoms with E-state index in [1.165, 1.54) is 32.2 Å². The fraction of sp³-hybridized carbons (Fsp3) is 0.429. The molecule has 218 valence electrons. The van der Waals surface area contributed by atoms with Gasteiger partial charge in [-0.05, 0) is 64.2 Å². The molecule has 0 saturated carbocycles. The van der Waals surface area contributed by atoms with Crippen molar-refractivity contribution < 1.29 is 14.2 Å². The summed E-state index contributed by atoms with van der Waals surface area (Å²) < 4.78 is 18.4. The Morgan fingerprint density at radius 1 is 1.07 bits per heavy atom. The van der Waals surface area contributed by atoms with E-state index < -0.39 is 7.14 Å². The molecule has 5 rings (SSSR count). The van der Waals surface area contributed by atoms with Crippen molar-refractivity contribution in [2.75, 3.05) is 62.2 Å². The molecule has 2 aliphatic heterocycles. The SMILES string of the molecule is COc1cc(N2CCC(N3CCCC3)CC2)c([N+](=O)[O-])cc1Nc1ncc(Cl)c(Nc2ccccc2P(C)(C)=O)n1. The fourth-order valence-corrected chi connectivity index (χ4v) is 6.91. The van der Waals surface area contributed by atoms with Crippen LogP contribution in [-0.2, 0) is 4.57 Å². The Bertz CT molecular complexity index is 1470. The lowest BCUT2D eigenvalue weighted by Crippen LogP contribution is -2.44. The number of nitro groups is 1. The van der Waals surface area contributed by atoms with Crippen molar-refractivity contribution in [2.24, 2.45) is 0 Å². The summed E-state index contributed by atoms with van der Waals surface area (Å²) >= 11 is 6.39. The lowest BCUT2D eigenvalue weighted by atomic mass is 10.0. The Morgan fingerprint density at radius 2 is 1.78 bits per heavy atom. The van der Waals surface area contributed by atoms with Gasteiger partial charge in [-0.2, -0.15) is 4.98 Å². The quantitative estimate of drug-likeness (QED) is 0.176. The molecule has 2 saturated heterocycles. The van der Waals surface area contributed by atoms with Crippen LogP contribution >= 0.6 is 18.7 Å². The first-order valence-corrected chi connectivity index (χ1v) is 16.7. The van der Waals surface area contributed by atoms with Gasteiger partial charge in [0.05, 0.1) is 29.6 Å². The molecule has 0 aliphatic carbocycles. The lowest BCUT2D eigenvalue weighted by Gasteiger charge is -2.37. The zero-order chi connectivity index (χ0) is 29.1. The minimum atomic E-state index is -2.58. The summed E-state index contributed by atoms with van der Waals surface area (Å²) in [4.78, 5) is 25.2. The van der Waals surface area contributed by atoms with E-state index in [0.29, 0.717) is 40.0 Å². The van der Waals surface area contributed by atoms with Crippen LogP contribution in [0.1, 0.15) is 25.7 Å². The van der Waals surface area contributed by atoms with Crippen molar-refractivity contribution in [2.45, 2.75) is 31.7 Å². The van der Waals surface area contributed by atoms with Crippen molar-refractivity contribution >= 4 is 58.6 Å². The highest BCUT2D eigenvalue weighted by Gasteiger charge is 2.30. The van der Waals surface area contributed by atoms with E-state index in [1.54, 1.807) is 31.5 Å². The van der Waals surface area contributed by atoms with Crippen LogP contribution in [0.4, 0.5) is 34.5 Å². The molecule has 11 nitrogen and oxygen atoms in total. The molecule has 13 heteroatoms. The summed E-state index contributed by atoms with van der Waals surface area (Å²) in [7, 11) is -1.05. The summed E-state index contributed by atoms with van der Waals surface area (Å²) in [5.74, 6) is 0.900. The van der Waals surface area contributed by atoms with Crippen molar-refractivity contribution in [3.63, 3.8) is 0 Å². The van der Waals surface area contributed by atoms with E-state index in [-0.39, 0.29) is 21.6 Å². The summed E-state index contributed by atoms with van der Waals surface area (Å²) in [6.07, 6.45) is 5.88. The summed E-state index contributed by atoms with van der Waals surface area (Å²) in [6, 6.07) is 11.0. The molecule has 0 bridgehead atoms. The number of nitrogens with one attached hydrogen (secondary N) is 2. The second-order valence-corrected chi connectivity index (χ2v) is 14.4. The van der Waals surface area contributed by atoms with Gasteiger partial charge in [0.2, 0.25) is 5.95 Å². The van der Waals surface area contributed by atoms with Gasteiger partial charge in [0.25, 0.3) is 5.69 Å². The molecule has 3 aromatic rings. The van der Waals surface area contributed by atoms with Crippen molar-refractivity contribution in [3.05, 3.63) is 57.7 Å². The number of rotatable bonds is 9. The van der Waals surface area contributed by atoms with Gasteiger partial charge in [0.1, 0.15) is 23.6 Å². The second-order valence-electron chi connectivity index (χ2n) is 10.8. The first-order chi connectivity index (χ1) is 19.6. The zero-order valence-corrected chi connectivity index (χ0v) is 25.1. The highest BCUT2D eigenvalue weighted by molar-refractivity contribution is 7.70. The van der Waals surface area contributed by atoms with Crippen LogP contribution in [0, 0.1) is 10.1 Å². The number of halogens is 1. The van der Waals surface area contributed by atoms with Gasteiger partial charge in [-0.15, -0.1) is 0 Å². The monoisotopic (exact) mass is 599 g/mol. The number of methoxy groups -OCH3 is 1. The molecule has 3 heterocycles. The molecule has 2 aromatic carbocycles. The van der Waals surface area contributed by atoms with Gasteiger partial charge in [0.15, 0.2) is 5.82 Å². The van der Waals surface area contributed by atoms with Crippen LogP contribution in [0.2, 0.25) is 5.02 Å². The number of aromatic nitrogens is 2. The number of piperidine rings is 1. The van der Waals surface area contributed by atoms with Crippen molar-refractivity contribution in [1.82, 2.24) is 14.9 Å². The van der Waals surface area contributed by atoms with Crippen LogP contribution in [0.5, 0.6) is 5.75 Å². The molecule has 41 heavy (non-hydrogen) atoms. The van der Waals surface area contributed by atoms with Crippen LogP contribution < -0.4 is 25.6 Å². The average molecular weight is 600 g/mol. The Balaban J connectivity index is 1.39. The van der Waals surface area contributed by atoms with Gasteiger partial charge in [-0.25, -0.2) is 4.98 Å². The number of nitrogens with zero attached hydrogens (tertiary/aromatic N) is 5. The van der Waals surface area contributed by atoms with Crippen LogP contribution in [-0.4, -0.2) is 72.5 Å². The average Bonchev–Trinajstić information content (AvgIpc) is 3.50. The molecule has 0 radical (unpaired) electrons. The predicted molar refractivity (Wildman–Crippen MR) is 165 cm³/mol. The first kappa shape index (κ1) is 29.1. The smallest absolute Gasteiger partial charge is 0.294 e. The Kier molecular flexibility index (Phi) is 8.68. The van der Waals surface area contributed by atoms with Gasteiger partial charge in [-0.1, -0.05) is 23.7 Å². The van der Waals surface area contributed by atoms with Crippen LogP contribution in [0.3, 0.4) is 0 Å². The number of hydrogen-bond donors (Lipinski definition) is 2. The number of nitro benzene ring substituents is 1. The number of benzene rings is 2. The third-order valence-corrected chi connectivity index (χ3v) is 9.51. The number of likely N-dealkylation sites (tertiary alicyclic amines) is 1. The molecule has 2 N–H and O–H groups in total. The van der Waals surface area contributed by atoms with Crippen LogP contribution in [0.15, 0.2) is 42.6 Å². The number of para-hydroxylation sites is 1. The molecule has 2 aliphatic rings. The maximum absolute atomic E-state index is 12.8. The van der Waals surface area contributed by atoms with Crippen molar-refractivity contribution in [1.29, 1.82) is 0 Å². The summed E-state index contributed by atoms with van der Waals surface area (Å²) in [5, 5.41) is 19.3. The first-order valence-electron chi connectivity index (χ1n) is 13.7. The standard InChI is InChI=1S/C28H35ClN7O4P/c1-40-25-17-23(35-14-10-19(11-15-35)34-12-6-7-13-34)24(36(37)38)16-22(25)32-28-30-18-20(29)27(33-28)31-21-8-4-5-9-26(21)41(2,3)39/h4-5,8-9,16-19H,6-7,10-15H2,1-3H3,(H2,30,31,32,33). The maximum atomic E-state index is 12.8. The maximum Gasteiger partial charge on any atom is 0.294 e. The predicted octanol–water partition coefficient (Wildman–Crippen LogP) is 5.85. The topological polar surface area (TPSA) is 126 Å². The number of ether oxygens (including phenoxy) is 1. The van der Waals surface area contributed by atoms with Gasteiger partial charge in [0, 0.05) is 36.6 Å². The van der Waals surface area contributed by atoms with Crippen LogP contribution in [0.25, 0.3) is 0 Å².